The summed E-state index contributed by atoms with van der Waals surface area (Å²) in [6, 6.07) is 12.0. The van der Waals surface area contributed by atoms with E-state index in [0.29, 0.717) is 0 Å². The van der Waals surface area contributed by atoms with Gasteiger partial charge in [0.05, 0.1) is 11.3 Å². The van der Waals surface area contributed by atoms with Crippen molar-refractivity contribution in [1.82, 2.24) is 4.98 Å². The number of hydrogen-bond acceptors (Lipinski definition) is 1. The number of fused-ring (bicyclic) bond motifs is 3. The first-order chi connectivity index (χ1) is 12.7. The zero-order valence-electron chi connectivity index (χ0n) is 17.5. The van der Waals surface area contributed by atoms with Gasteiger partial charge in [-0.25, -0.2) is 4.57 Å². The molecule has 2 heteroatoms. The van der Waals surface area contributed by atoms with Crippen molar-refractivity contribution in [3.05, 3.63) is 71.0 Å². The molecule has 0 spiro atoms. The third-order valence-electron chi connectivity index (χ3n) is 5.08. The van der Waals surface area contributed by atoms with Gasteiger partial charge >= 0.3 is 0 Å². The number of hydrogen-bond donors (Lipinski definition) is 0. The molecule has 1 aliphatic carbocycles. The molecule has 120 valence electrons. The molecule has 0 amide bonds. The van der Waals surface area contributed by atoms with Gasteiger partial charge in [-0.15, -0.1) is 0 Å². The second kappa shape index (κ2) is 5.01. The number of nitrogens with zero attached hydrogens (tertiary/aromatic N) is 2. The van der Waals surface area contributed by atoms with Crippen LogP contribution in [0.1, 0.15) is 40.1 Å². The fraction of sp³-hybridized carbons (Fsp3) is 0.273. The zero-order valence-corrected chi connectivity index (χ0v) is 14.5. The molecule has 0 N–H and O–H groups in total. The number of rotatable bonds is 1. The van der Waals surface area contributed by atoms with Crippen LogP contribution in [0.15, 0.2) is 48.8 Å². The second-order valence-electron chi connectivity index (χ2n) is 6.90. The number of pyridine rings is 2. The first-order valence-electron chi connectivity index (χ1n) is 9.73. The average Bonchev–Trinajstić information content (AvgIpc) is 2.88. The van der Waals surface area contributed by atoms with Crippen LogP contribution in [0.25, 0.3) is 22.5 Å². The van der Waals surface area contributed by atoms with Gasteiger partial charge in [-0.1, -0.05) is 32.0 Å². The number of aryl methyl sites for hydroxylation is 3. The van der Waals surface area contributed by atoms with E-state index in [-0.39, 0.29) is 0 Å². The van der Waals surface area contributed by atoms with Crippen LogP contribution in [-0.4, -0.2) is 4.98 Å². The summed E-state index contributed by atoms with van der Waals surface area (Å²) in [4.78, 5) is 4.56. The summed E-state index contributed by atoms with van der Waals surface area (Å²) < 4.78 is 27.3. The Kier molecular flexibility index (Phi) is 2.50. The maximum absolute atomic E-state index is 8.41. The van der Waals surface area contributed by atoms with Gasteiger partial charge in [0, 0.05) is 33.4 Å². The standard InChI is InChI=1S/C22H23N2/c1-14-10-12-24(5)18(13-14)19-15(2)8-9-16-20(19)22(3,4)17-7-6-11-23-21(16)17/h6-13H,1-5H3/q+1/i3D3. The Morgan fingerprint density at radius 3 is 2.79 bits per heavy atom. The molecular formula is C22H23N2+. The Morgan fingerprint density at radius 2 is 2.00 bits per heavy atom. The lowest BCUT2D eigenvalue weighted by Gasteiger charge is -2.24. The van der Waals surface area contributed by atoms with Gasteiger partial charge in [-0.05, 0) is 42.2 Å². The van der Waals surface area contributed by atoms with E-state index in [4.69, 9.17) is 4.11 Å². The minimum absolute atomic E-state index is 0.780. The van der Waals surface area contributed by atoms with Crippen LogP contribution in [0, 0.1) is 13.8 Å². The van der Waals surface area contributed by atoms with E-state index in [9.17, 15) is 0 Å². The largest absolute Gasteiger partial charge is 0.256 e. The van der Waals surface area contributed by atoms with Crippen LogP contribution in [0.2, 0.25) is 0 Å². The lowest BCUT2D eigenvalue weighted by molar-refractivity contribution is -0.660. The highest BCUT2D eigenvalue weighted by Gasteiger charge is 2.40. The molecule has 0 fully saturated rings. The average molecular weight is 318 g/mol. The smallest absolute Gasteiger partial charge is 0.213 e. The van der Waals surface area contributed by atoms with Gasteiger partial charge in [0.2, 0.25) is 5.69 Å². The predicted octanol–water partition coefficient (Wildman–Crippen LogP) is 4.50. The summed E-state index contributed by atoms with van der Waals surface area (Å²) in [5.41, 5.74) is 6.46. The van der Waals surface area contributed by atoms with E-state index in [2.05, 4.69) is 34.7 Å². The molecule has 0 radical (unpaired) electrons. The van der Waals surface area contributed by atoms with Gasteiger partial charge < -0.3 is 0 Å². The Labute approximate surface area is 148 Å². The minimum Gasteiger partial charge on any atom is -0.256 e. The third kappa shape index (κ3) is 1.96. The SMILES string of the molecule is [2H]C([2H])([2H])C1(C)c2cccnc2-c2ccc(C)c(-c3cc(C)cc[n+]3C)c21. The maximum atomic E-state index is 8.41. The molecule has 1 unspecified atom stereocenters. The Hall–Kier alpha value is -2.48. The molecule has 0 bridgehead atoms. The molecule has 1 atom stereocenters. The molecule has 24 heavy (non-hydrogen) atoms. The van der Waals surface area contributed by atoms with Crippen molar-refractivity contribution in [3.63, 3.8) is 0 Å². The molecule has 2 nitrogen and oxygen atoms in total. The normalized spacial score (nSPS) is 20.8. The van der Waals surface area contributed by atoms with E-state index in [1.54, 1.807) is 6.20 Å². The zero-order chi connectivity index (χ0) is 19.6. The Morgan fingerprint density at radius 1 is 1.17 bits per heavy atom. The van der Waals surface area contributed by atoms with Crippen molar-refractivity contribution in [2.45, 2.75) is 33.0 Å². The Balaban J connectivity index is 2.18. The fourth-order valence-corrected chi connectivity index (χ4v) is 3.84. The Bertz CT molecular complexity index is 1070. The predicted molar refractivity (Wildman–Crippen MR) is 97.9 cm³/mol. The lowest BCUT2D eigenvalue weighted by atomic mass is 9.78. The van der Waals surface area contributed by atoms with Gasteiger partial charge in [-0.2, -0.15) is 0 Å². The number of aromatic nitrogens is 2. The molecule has 1 aromatic carbocycles. The first-order valence-corrected chi connectivity index (χ1v) is 8.23. The molecule has 2 aromatic heterocycles. The molecule has 1 aliphatic rings. The monoisotopic (exact) mass is 318 g/mol. The minimum atomic E-state index is -2.19. The van der Waals surface area contributed by atoms with E-state index >= 15 is 0 Å². The van der Waals surface area contributed by atoms with E-state index in [1.165, 1.54) is 0 Å². The lowest BCUT2D eigenvalue weighted by Crippen LogP contribution is -2.32. The van der Waals surface area contributed by atoms with Crippen molar-refractivity contribution in [2.75, 3.05) is 0 Å². The van der Waals surface area contributed by atoms with Crippen molar-refractivity contribution >= 4 is 0 Å². The topological polar surface area (TPSA) is 16.8 Å². The number of benzene rings is 1. The van der Waals surface area contributed by atoms with Crippen LogP contribution in [0.4, 0.5) is 0 Å². The molecule has 0 saturated heterocycles. The summed E-state index contributed by atoms with van der Waals surface area (Å²) >= 11 is 0. The van der Waals surface area contributed by atoms with Crippen LogP contribution in [-0.2, 0) is 12.5 Å². The van der Waals surface area contributed by atoms with Gasteiger partial charge in [0.15, 0.2) is 6.20 Å². The summed E-state index contributed by atoms with van der Waals surface area (Å²) in [5, 5.41) is 0. The molecule has 2 heterocycles. The van der Waals surface area contributed by atoms with Crippen molar-refractivity contribution in [1.29, 1.82) is 0 Å². The molecule has 0 aliphatic heterocycles. The van der Waals surface area contributed by atoms with Crippen LogP contribution >= 0.6 is 0 Å². The summed E-state index contributed by atoms with van der Waals surface area (Å²) in [7, 11) is 2.00. The molecule has 3 aromatic rings. The van der Waals surface area contributed by atoms with E-state index in [0.717, 1.165) is 44.8 Å². The van der Waals surface area contributed by atoms with Crippen molar-refractivity contribution < 1.29 is 8.68 Å². The summed E-state index contributed by atoms with van der Waals surface area (Å²) in [6.07, 6.45) is 3.76. The van der Waals surface area contributed by atoms with Gasteiger partial charge in [0.25, 0.3) is 0 Å². The summed E-state index contributed by atoms with van der Waals surface area (Å²) in [6.45, 7) is 3.75. The highest BCUT2D eigenvalue weighted by molar-refractivity contribution is 5.86. The maximum Gasteiger partial charge on any atom is 0.213 e. The second-order valence-corrected chi connectivity index (χ2v) is 6.90. The van der Waals surface area contributed by atoms with Gasteiger partial charge in [-0.3, -0.25) is 4.98 Å². The molecule has 4 rings (SSSR count). The first kappa shape index (κ1) is 12.0. The third-order valence-corrected chi connectivity index (χ3v) is 5.08. The fourth-order valence-electron chi connectivity index (χ4n) is 3.84. The van der Waals surface area contributed by atoms with E-state index < -0.39 is 12.3 Å². The highest BCUT2D eigenvalue weighted by Crippen LogP contribution is 2.51. The van der Waals surface area contributed by atoms with E-state index in [1.807, 2.05) is 45.3 Å². The van der Waals surface area contributed by atoms with Gasteiger partial charge in [0.1, 0.15) is 7.05 Å². The van der Waals surface area contributed by atoms with Crippen molar-refractivity contribution in [3.8, 4) is 22.5 Å². The molecular weight excluding hydrogens is 292 g/mol. The quantitative estimate of drug-likeness (QED) is 0.604. The summed E-state index contributed by atoms with van der Waals surface area (Å²) in [5.74, 6) is 0. The van der Waals surface area contributed by atoms with Crippen LogP contribution in [0.5, 0.6) is 0 Å². The van der Waals surface area contributed by atoms with Crippen LogP contribution < -0.4 is 4.57 Å². The van der Waals surface area contributed by atoms with Crippen LogP contribution in [0.3, 0.4) is 0 Å². The van der Waals surface area contributed by atoms with Crippen molar-refractivity contribution in [2.24, 2.45) is 7.05 Å². The highest BCUT2D eigenvalue weighted by atomic mass is 14.9. The molecule has 0 saturated carbocycles.